The van der Waals surface area contributed by atoms with Crippen molar-refractivity contribution in [3.05, 3.63) is 12.4 Å². The molecule has 0 bridgehead atoms. The van der Waals surface area contributed by atoms with Gasteiger partial charge in [0.2, 0.25) is 0 Å². The monoisotopic (exact) mass is 399 g/mol. The molecule has 8 unspecified atom stereocenters. The summed E-state index contributed by atoms with van der Waals surface area (Å²) in [6, 6.07) is 0. The first-order chi connectivity index (χ1) is 14.0. The summed E-state index contributed by atoms with van der Waals surface area (Å²) in [5, 5.41) is 18.9. The Hall–Kier alpha value is -1.23. The molecule has 5 nitrogen and oxygen atoms in total. The largest absolute Gasteiger partial charge is 0.396 e. The zero-order chi connectivity index (χ0) is 20.2. The van der Waals surface area contributed by atoms with Crippen LogP contribution < -0.4 is 0 Å². The maximum absolute atomic E-state index is 13.2. The van der Waals surface area contributed by atoms with Gasteiger partial charge >= 0.3 is 0 Å². The maximum atomic E-state index is 13.2. The van der Waals surface area contributed by atoms with E-state index >= 15 is 0 Å². The first kappa shape index (κ1) is 19.7. The van der Waals surface area contributed by atoms with Gasteiger partial charge in [-0.2, -0.15) is 15.0 Å². The molecule has 8 atom stereocenters. The molecule has 4 aliphatic rings. The van der Waals surface area contributed by atoms with Crippen molar-refractivity contribution < 1.29 is 9.90 Å². The summed E-state index contributed by atoms with van der Waals surface area (Å²) in [7, 11) is 0. The molecule has 4 saturated carbocycles. The van der Waals surface area contributed by atoms with Gasteiger partial charge in [0.05, 0.1) is 12.4 Å². The predicted octanol–water partition coefficient (Wildman–Crippen LogP) is 4.11. The third kappa shape index (κ3) is 2.94. The average Bonchev–Trinajstić information content (AvgIpc) is 3.34. The number of aliphatic hydroxyl groups is 1. The smallest absolute Gasteiger partial charge is 0.159 e. The fourth-order valence-corrected chi connectivity index (χ4v) is 8.68. The van der Waals surface area contributed by atoms with Crippen molar-refractivity contribution in [2.45, 2.75) is 78.2 Å². The van der Waals surface area contributed by atoms with E-state index in [1.54, 1.807) is 17.2 Å². The lowest BCUT2D eigenvalue weighted by atomic mass is 9.44. The van der Waals surface area contributed by atoms with Crippen molar-refractivity contribution in [3.8, 4) is 0 Å². The van der Waals surface area contributed by atoms with Crippen molar-refractivity contribution >= 4 is 5.78 Å². The minimum absolute atomic E-state index is 0.122. The van der Waals surface area contributed by atoms with E-state index in [1.165, 1.54) is 44.9 Å². The molecular weight excluding hydrogens is 362 g/mol. The van der Waals surface area contributed by atoms with Gasteiger partial charge in [-0.1, -0.05) is 20.3 Å². The topological polar surface area (TPSA) is 68.0 Å². The molecule has 1 aromatic rings. The normalized spacial score (nSPS) is 46.6. The second-order valence-electron chi connectivity index (χ2n) is 11.1. The molecule has 5 rings (SSSR count). The summed E-state index contributed by atoms with van der Waals surface area (Å²) in [5.41, 5.74) is 0.286. The second-order valence-corrected chi connectivity index (χ2v) is 11.1. The molecule has 0 radical (unpaired) electrons. The van der Waals surface area contributed by atoms with Crippen LogP contribution in [0.1, 0.15) is 71.6 Å². The maximum Gasteiger partial charge on any atom is 0.159 e. The fourth-order valence-electron chi connectivity index (χ4n) is 8.68. The van der Waals surface area contributed by atoms with Crippen LogP contribution in [-0.2, 0) is 11.3 Å². The summed E-state index contributed by atoms with van der Waals surface area (Å²) in [6.07, 6.45) is 14.3. The lowest BCUT2D eigenvalue weighted by molar-refractivity contribution is -0.151. The van der Waals surface area contributed by atoms with Crippen LogP contribution >= 0.6 is 0 Å². The Morgan fingerprint density at radius 3 is 2.62 bits per heavy atom. The van der Waals surface area contributed by atoms with Crippen molar-refractivity contribution in [2.24, 2.45) is 46.3 Å². The van der Waals surface area contributed by atoms with Gasteiger partial charge in [-0.25, -0.2) is 0 Å². The Labute approximate surface area is 174 Å². The molecule has 29 heavy (non-hydrogen) atoms. The number of carbonyl (C=O) groups excluding carboxylic acids is 1. The number of fused-ring (bicyclic) bond motifs is 5. The Kier molecular flexibility index (Phi) is 4.88. The molecule has 0 saturated heterocycles. The highest BCUT2D eigenvalue weighted by Crippen LogP contribution is 2.67. The first-order valence-electron chi connectivity index (χ1n) is 12.0. The molecule has 160 valence electrons. The zero-order valence-corrected chi connectivity index (χ0v) is 18.1. The number of ketones is 1. The number of aromatic nitrogens is 3. The molecule has 1 N–H and O–H groups in total. The minimum Gasteiger partial charge on any atom is -0.396 e. The number of nitrogens with zero attached hydrogens (tertiary/aromatic N) is 3. The third-order valence-corrected chi connectivity index (χ3v) is 10.1. The Bertz CT molecular complexity index is 749. The zero-order valence-electron chi connectivity index (χ0n) is 18.1. The quantitative estimate of drug-likeness (QED) is 0.827. The third-order valence-electron chi connectivity index (χ3n) is 10.1. The summed E-state index contributed by atoms with van der Waals surface area (Å²) < 4.78 is 0. The molecule has 5 heteroatoms. The van der Waals surface area contributed by atoms with E-state index in [9.17, 15) is 9.90 Å². The Morgan fingerprint density at radius 2 is 1.86 bits per heavy atom. The van der Waals surface area contributed by atoms with Gasteiger partial charge in [-0.05, 0) is 91.8 Å². The second kappa shape index (κ2) is 7.18. The van der Waals surface area contributed by atoms with E-state index in [0.29, 0.717) is 42.6 Å². The van der Waals surface area contributed by atoms with Crippen LogP contribution in [0.2, 0.25) is 0 Å². The fraction of sp³-hybridized carbons (Fsp3) is 0.875. The van der Waals surface area contributed by atoms with Crippen LogP contribution in [0, 0.1) is 46.3 Å². The number of hydrogen-bond donors (Lipinski definition) is 1. The van der Waals surface area contributed by atoms with E-state index in [-0.39, 0.29) is 16.7 Å². The Balaban J connectivity index is 1.38. The first-order valence-corrected chi connectivity index (χ1v) is 12.0. The summed E-state index contributed by atoms with van der Waals surface area (Å²) >= 11 is 0. The Morgan fingerprint density at radius 1 is 1.07 bits per heavy atom. The van der Waals surface area contributed by atoms with E-state index in [1.807, 2.05) is 0 Å². The lowest BCUT2D eigenvalue weighted by Crippen LogP contribution is -2.56. The highest BCUT2D eigenvalue weighted by atomic mass is 16.3. The van der Waals surface area contributed by atoms with Crippen LogP contribution in [0.4, 0.5) is 0 Å². The van der Waals surface area contributed by atoms with Crippen molar-refractivity contribution in [1.29, 1.82) is 0 Å². The SMILES string of the molecule is CC1CCC2(CO)C(CCC3C4CCC(C(=O)Cn5nccn5)C4(C)CCC32)C1. The van der Waals surface area contributed by atoms with E-state index in [2.05, 4.69) is 24.0 Å². The molecule has 4 aliphatic carbocycles. The molecule has 0 aliphatic heterocycles. The molecule has 0 amide bonds. The lowest BCUT2D eigenvalue weighted by Gasteiger charge is -2.61. The summed E-state index contributed by atoms with van der Waals surface area (Å²) in [6.45, 7) is 5.49. The van der Waals surface area contributed by atoms with Crippen molar-refractivity contribution in [3.63, 3.8) is 0 Å². The average molecular weight is 400 g/mol. The number of Topliss-reactive ketones (excluding diaryl/α,β-unsaturated/α-hetero) is 1. The van der Waals surface area contributed by atoms with E-state index < -0.39 is 0 Å². The molecule has 0 spiro atoms. The van der Waals surface area contributed by atoms with Crippen LogP contribution in [0.15, 0.2) is 12.4 Å². The van der Waals surface area contributed by atoms with Crippen LogP contribution in [0.25, 0.3) is 0 Å². The number of carbonyl (C=O) groups is 1. The highest BCUT2D eigenvalue weighted by Gasteiger charge is 2.62. The minimum atomic E-state index is 0.122. The van der Waals surface area contributed by atoms with Gasteiger partial charge in [0.1, 0.15) is 6.54 Å². The van der Waals surface area contributed by atoms with Gasteiger partial charge < -0.3 is 5.11 Å². The van der Waals surface area contributed by atoms with Crippen LogP contribution in [0.5, 0.6) is 0 Å². The summed E-state index contributed by atoms with van der Waals surface area (Å²) in [4.78, 5) is 14.7. The van der Waals surface area contributed by atoms with Crippen LogP contribution in [0.3, 0.4) is 0 Å². The standard InChI is InChI=1S/C24H37N3O2/c1-16-7-10-24(15-28)17(13-16)3-4-18-19-5-6-21(23(19,2)9-8-20(18)24)22(29)14-27-25-11-12-26-27/h11-12,16-21,28H,3-10,13-15H2,1-2H3. The molecule has 0 aromatic carbocycles. The summed E-state index contributed by atoms with van der Waals surface area (Å²) in [5.74, 6) is 4.01. The van der Waals surface area contributed by atoms with Gasteiger partial charge in [0.15, 0.2) is 5.78 Å². The van der Waals surface area contributed by atoms with Gasteiger partial charge in [-0.15, -0.1) is 0 Å². The highest BCUT2D eigenvalue weighted by molar-refractivity contribution is 5.81. The molecule has 1 aromatic heterocycles. The number of hydrogen-bond acceptors (Lipinski definition) is 4. The van der Waals surface area contributed by atoms with Gasteiger partial charge in [-0.3, -0.25) is 4.79 Å². The van der Waals surface area contributed by atoms with E-state index in [4.69, 9.17) is 0 Å². The van der Waals surface area contributed by atoms with Gasteiger partial charge in [0, 0.05) is 12.5 Å². The molecule has 4 fully saturated rings. The van der Waals surface area contributed by atoms with Crippen LogP contribution in [-0.4, -0.2) is 32.5 Å². The van der Waals surface area contributed by atoms with Crippen molar-refractivity contribution in [1.82, 2.24) is 15.0 Å². The van der Waals surface area contributed by atoms with Crippen molar-refractivity contribution in [2.75, 3.05) is 6.61 Å². The number of aliphatic hydroxyl groups excluding tert-OH is 1. The van der Waals surface area contributed by atoms with E-state index in [0.717, 1.165) is 18.8 Å². The van der Waals surface area contributed by atoms with Gasteiger partial charge in [0.25, 0.3) is 0 Å². The molecular formula is C24H37N3O2. The predicted molar refractivity (Wildman–Crippen MR) is 111 cm³/mol. The number of rotatable bonds is 4. The molecule has 1 heterocycles.